The van der Waals surface area contributed by atoms with Crippen LogP contribution in [0.15, 0.2) is 65.6 Å². The summed E-state index contributed by atoms with van der Waals surface area (Å²) in [6, 6.07) is 14.3. The Kier molecular flexibility index (Phi) is 7.68. The maximum Gasteiger partial charge on any atom is 0.254 e. The van der Waals surface area contributed by atoms with Crippen molar-refractivity contribution >= 4 is 33.5 Å². The molecule has 2 fully saturated rings. The van der Waals surface area contributed by atoms with E-state index >= 15 is 0 Å². The Labute approximate surface area is 209 Å². The summed E-state index contributed by atoms with van der Waals surface area (Å²) in [6.45, 7) is 0.475. The molecule has 0 bridgehead atoms. The topological polar surface area (TPSA) is 133 Å². The van der Waals surface area contributed by atoms with Gasteiger partial charge in [-0.25, -0.2) is 8.42 Å². The van der Waals surface area contributed by atoms with E-state index in [1.165, 1.54) is 21.9 Å². The zero-order valence-electron chi connectivity index (χ0n) is 19.6. The summed E-state index contributed by atoms with van der Waals surface area (Å²) in [5, 5.41) is 5.41. The molecule has 4 amide bonds. The molecule has 10 nitrogen and oxygen atoms in total. The van der Waals surface area contributed by atoms with Gasteiger partial charge in [0.15, 0.2) is 9.84 Å². The molecule has 11 heteroatoms. The average molecular weight is 513 g/mol. The van der Waals surface area contributed by atoms with Crippen LogP contribution in [0.3, 0.4) is 0 Å². The minimum Gasteiger partial charge on any atom is -0.354 e. The van der Waals surface area contributed by atoms with Crippen molar-refractivity contribution in [1.82, 2.24) is 20.4 Å². The van der Waals surface area contributed by atoms with Gasteiger partial charge < -0.3 is 20.4 Å². The van der Waals surface area contributed by atoms with Gasteiger partial charge in [0.05, 0.1) is 11.4 Å². The molecule has 2 aromatic rings. The Morgan fingerprint density at radius 1 is 0.972 bits per heavy atom. The number of nitrogens with zero attached hydrogens (tertiary/aromatic N) is 2. The number of nitrogens with one attached hydrogen (secondary N) is 2. The lowest BCUT2D eigenvalue weighted by Crippen LogP contribution is -2.64. The molecule has 2 atom stereocenters. The van der Waals surface area contributed by atoms with Crippen molar-refractivity contribution in [2.45, 2.75) is 29.8 Å². The number of piperidine rings is 1. The number of amides is 4. The van der Waals surface area contributed by atoms with Crippen LogP contribution >= 0.6 is 0 Å². The lowest BCUT2D eigenvalue weighted by molar-refractivity contribution is -0.137. The number of hydrogen-bond acceptors (Lipinski definition) is 6. The second kappa shape index (κ2) is 10.9. The van der Waals surface area contributed by atoms with Crippen molar-refractivity contribution in [2.75, 3.05) is 31.9 Å². The van der Waals surface area contributed by atoms with E-state index in [9.17, 15) is 27.6 Å². The summed E-state index contributed by atoms with van der Waals surface area (Å²) in [5.74, 6) is -2.65. The Morgan fingerprint density at radius 3 is 2.31 bits per heavy atom. The quantitative estimate of drug-likeness (QED) is 0.569. The number of hydrogen-bond donors (Lipinski definition) is 2. The van der Waals surface area contributed by atoms with Gasteiger partial charge in [-0.05, 0) is 37.1 Å². The van der Waals surface area contributed by atoms with Gasteiger partial charge >= 0.3 is 0 Å². The molecular formula is C25H28N4O6S. The molecule has 2 aliphatic heterocycles. The van der Waals surface area contributed by atoms with Gasteiger partial charge in [-0.2, -0.15) is 0 Å². The number of carbonyl (C=O) groups is 4. The molecule has 0 spiro atoms. The Hall–Kier alpha value is -3.73. The van der Waals surface area contributed by atoms with Crippen LogP contribution in [0.4, 0.5) is 0 Å². The van der Waals surface area contributed by atoms with Crippen molar-refractivity contribution in [3.8, 4) is 0 Å². The smallest absolute Gasteiger partial charge is 0.254 e. The predicted molar refractivity (Wildman–Crippen MR) is 131 cm³/mol. The highest BCUT2D eigenvalue weighted by molar-refractivity contribution is 7.92. The maximum atomic E-state index is 13.3. The standard InChI is InChI=1S/C25H28N4O6S/c30-22(17-36(34,35)19-10-5-2-6-11-19)28-14-15-29(25(33)18-8-3-1-4-9-18)21(16-28)24(32)27-20-12-7-13-26-23(20)31/h1-6,8-11,20-21H,7,12-17H2,(H,26,31)(H,27,32). The van der Waals surface area contributed by atoms with Crippen LogP contribution in [0.1, 0.15) is 23.2 Å². The van der Waals surface area contributed by atoms with E-state index in [0.717, 1.165) is 0 Å². The first-order valence-electron chi connectivity index (χ1n) is 11.8. The van der Waals surface area contributed by atoms with Crippen molar-refractivity contribution in [2.24, 2.45) is 0 Å². The summed E-state index contributed by atoms with van der Waals surface area (Å²) in [7, 11) is -3.87. The fourth-order valence-corrected chi connectivity index (χ4v) is 5.61. The Morgan fingerprint density at radius 2 is 1.64 bits per heavy atom. The van der Waals surface area contributed by atoms with Gasteiger partial charge in [0, 0.05) is 25.2 Å². The van der Waals surface area contributed by atoms with Gasteiger partial charge in [0.1, 0.15) is 17.8 Å². The third kappa shape index (κ3) is 5.73. The fourth-order valence-electron chi connectivity index (χ4n) is 4.37. The second-order valence-corrected chi connectivity index (χ2v) is 10.8. The van der Waals surface area contributed by atoms with Crippen molar-refractivity contribution in [3.05, 3.63) is 66.2 Å². The second-order valence-electron chi connectivity index (χ2n) is 8.79. The summed E-state index contributed by atoms with van der Waals surface area (Å²) in [5.41, 5.74) is 0.386. The van der Waals surface area contributed by atoms with Crippen LogP contribution in [0.5, 0.6) is 0 Å². The van der Waals surface area contributed by atoms with Crippen LogP contribution in [-0.4, -0.2) is 85.9 Å². The zero-order valence-corrected chi connectivity index (χ0v) is 20.4. The minimum absolute atomic E-state index is 0.0360. The first-order chi connectivity index (χ1) is 17.3. The van der Waals surface area contributed by atoms with E-state index in [0.29, 0.717) is 24.9 Å². The monoisotopic (exact) mass is 512 g/mol. The fraction of sp³-hybridized carbons (Fsp3) is 0.360. The molecule has 0 radical (unpaired) electrons. The van der Waals surface area contributed by atoms with E-state index in [1.54, 1.807) is 48.5 Å². The van der Waals surface area contributed by atoms with Gasteiger partial charge in [-0.3, -0.25) is 19.2 Å². The zero-order chi connectivity index (χ0) is 25.7. The third-order valence-corrected chi connectivity index (χ3v) is 7.95. The SMILES string of the molecule is O=C1NCCCC1NC(=O)C1CN(C(=O)CS(=O)(=O)c2ccccc2)CCN1C(=O)c1ccccc1. The molecule has 2 aromatic carbocycles. The van der Waals surface area contributed by atoms with Crippen LogP contribution in [0.2, 0.25) is 0 Å². The highest BCUT2D eigenvalue weighted by Crippen LogP contribution is 2.18. The molecule has 190 valence electrons. The number of piperazine rings is 1. The predicted octanol–water partition coefficient (Wildman–Crippen LogP) is 0.208. The maximum absolute atomic E-state index is 13.3. The van der Waals surface area contributed by atoms with Gasteiger partial charge in [0.25, 0.3) is 5.91 Å². The summed E-state index contributed by atoms with van der Waals surface area (Å²) in [4.78, 5) is 54.4. The highest BCUT2D eigenvalue weighted by Gasteiger charge is 2.39. The van der Waals surface area contributed by atoms with E-state index in [1.807, 2.05) is 0 Å². The van der Waals surface area contributed by atoms with Crippen molar-refractivity contribution in [1.29, 1.82) is 0 Å². The van der Waals surface area contributed by atoms with E-state index in [-0.39, 0.29) is 36.3 Å². The lowest BCUT2D eigenvalue weighted by Gasteiger charge is -2.41. The summed E-state index contributed by atoms with van der Waals surface area (Å²) >= 11 is 0. The number of carbonyl (C=O) groups excluding carboxylic acids is 4. The van der Waals surface area contributed by atoms with Crippen LogP contribution in [-0.2, 0) is 24.2 Å². The van der Waals surface area contributed by atoms with Crippen LogP contribution < -0.4 is 10.6 Å². The largest absolute Gasteiger partial charge is 0.354 e. The third-order valence-electron chi connectivity index (χ3n) is 6.33. The molecule has 0 saturated carbocycles. The Bertz CT molecular complexity index is 1240. The van der Waals surface area contributed by atoms with E-state index in [4.69, 9.17) is 0 Å². The van der Waals surface area contributed by atoms with E-state index < -0.39 is 39.5 Å². The molecule has 2 N–H and O–H groups in total. The first kappa shape index (κ1) is 25.4. The van der Waals surface area contributed by atoms with E-state index in [2.05, 4.69) is 10.6 Å². The lowest BCUT2D eigenvalue weighted by atomic mass is 10.0. The van der Waals surface area contributed by atoms with Gasteiger partial charge in [0.2, 0.25) is 17.7 Å². The van der Waals surface area contributed by atoms with Crippen LogP contribution in [0, 0.1) is 0 Å². The molecule has 4 rings (SSSR count). The van der Waals surface area contributed by atoms with Gasteiger partial charge in [-0.15, -0.1) is 0 Å². The Balaban J connectivity index is 1.53. The molecule has 36 heavy (non-hydrogen) atoms. The van der Waals surface area contributed by atoms with Gasteiger partial charge in [-0.1, -0.05) is 36.4 Å². The van der Waals surface area contributed by atoms with Crippen molar-refractivity contribution < 1.29 is 27.6 Å². The summed E-state index contributed by atoms with van der Waals surface area (Å²) in [6.07, 6.45) is 1.17. The molecule has 2 saturated heterocycles. The van der Waals surface area contributed by atoms with Crippen molar-refractivity contribution in [3.63, 3.8) is 0 Å². The number of rotatable bonds is 6. The normalized spacial score (nSPS) is 20.4. The molecule has 2 aliphatic rings. The molecule has 2 heterocycles. The molecular weight excluding hydrogens is 484 g/mol. The van der Waals surface area contributed by atoms with Crippen LogP contribution in [0.25, 0.3) is 0 Å². The highest BCUT2D eigenvalue weighted by atomic mass is 32.2. The molecule has 2 unspecified atom stereocenters. The minimum atomic E-state index is -3.87. The average Bonchev–Trinajstić information content (AvgIpc) is 2.90. The molecule has 0 aromatic heterocycles. The molecule has 0 aliphatic carbocycles. The number of sulfone groups is 1. The summed E-state index contributed by atoms with van der Waals surface area (Å²) < 4.78 is 25.4. The number of benzene rings is 2. The first-order valence-corrected chi connectivity index (χ1v) is 13.4.